The van der Waals surface area contributed by atoms with E-state index in [2.05, 4.69) is 0 Å². The Bertz CT molecular complexity index is 599. The highest BCUT2D eigenvalue weighted by Gasteiger charge is 2.20. The van der Waals surface area contributed by atoms with Crippen LogP contribution >= 0.6 is 0 Å². The van der Waals surface area contributed by atoms with Crippen molar-refractivity contribution >= 4 is 21.7 Å². The molecule has 0 saturated heterocycles. The van der Waals surface area contributed by atoms with Crippen LogP contribution in [-0.4, -0.2) is 25.2 Å². The molecular weight excluding hydrogens is 280 g/mol. The molecule has 0 aliphatic carbocycles. The maximum absolute atomic E-state index is 13.1. The first-order valence-corrected chi connectivity index (χ1v) is 7.00. The Kier molecular flexibility index (Phi) is 4.46. The summed E-state index contributed by atoms with van der Waals surface area (Å²) in [7, 11) is -3.82. The number of aromatic carboxylic acids is 1. The van der Waals surface area contributed by atoms with Crippen LogP contribution in [0.5, 0.6) is 0 Å². The van der Waals surface area contributed by atoms with Crippen molar-refractivity contribution in [1.82, 2.24) is 0 Å². The minimum Gasteiger partial charge on any atom is -0.478 e. The van der Waals surface area contributed by atoms with Gasteiger partial charge in [-0.1, -0.05) is 13.8 Å². The molecule has 0 unspecified atom stereocenters. The maximum Gasteiger partial charge on any atom is 0.337 e. The van der Waals surface area contributed by atoms with Crippen molar-refractivity contribution < 1.29 is 27.1 Å². The van der Waals surface area contributed by atoms with E-state index in [1.165, 1.54) is 0 Å². The van der Waals surface area contributed by atoms with E-state index in [1.807, 2.05) is 4.72 Å². The third-order valence-corrected chi connectivity index (χ3v) is 3.75. The maximum atomic E-state index is 13.1. The van der Waals surface area contributed by atoms with Gasteiger partial charge >= 0.3 is 5.97 Å². The molecular formula is C11H13F2NO4S. The van der Waals surface area contributed by atoms with E-state index in [0.717, 1.165) is 0 Å². The summed E-state index contributed by atoms with van der Waals surface area (Å²) in [6.07, 6.45) is 0. The summed E-state index contributed by atoms with van der Waals surface area (Å²) in [5.74, 6) is -4.70. The molecule has 0 spiro atoms. The lowest BCUT2D eigenvalue weighted by atomic mass is 10.2. The minimum atomic E-state index is -3.82. The molecule has 0 radical (unpaired) electrons. The Labute approximate surface area is 109 Å². The molecule has 0 saturated carbocycles. The molecule has 8 heteroatoms. The van der Waals surface area contributed by atoms with Crippen LogP contribution in [-0.2, 0) is 10.0 Å². The quantitative estimate of drug-likeness (QED) is 0.870. The van der Waals surface area contributed by atoms with Crippen LogP contribution in [0.25, 0.3) is 0 Å². The van der Waals surface area contributed by atoms with Crippen molar-refractivity contribution in [3.8, 4) is 0 Å². The molecule has 5 nitrogen and oxygen atoms in total. The molecule has 1 rings (SSSR count). The smallest absolute Gasteiger partial charge is 0.337 e. The predicted molar refractivity (Wildman–Crippen MR) is 65.6 cm³/mol. The normalized spacial score (nSPS) is 11.6. The largest absolute Gasteiger partial charge is 0.478 e. The second-order valence-corrected chi connectivity index (χ2v) is 6.16. The van der Waals surface area contributed by atoms with Gasteiger partial charge in [-0.15, -0.1) is 0 Å². The topological polar surface area (TPSA) is 83.5 Å². The van der Waals surface area contributed by atoms with Gasteiger partial charge < -0.3 is 5.11 Å². The monoisotopic (exact) mass is 293 g/mol. The number of carboxylic acids is 1. The summed E-state index contributed by atoms with van der Waals surface area (Å²) in [5, 5.41) is 8.84. The minimum absolute atomic E-state index is 0.198. The van der Waals surface area contributed by atoms with Crippen molar-refractivity contribution in [3.63, 3.8) is 0 Å². The highest BCUT2D eigenvalue weighted by molar-refractivity contribution is 7.92. The molecule has 0 bridgehead atoms. The van der Waals surface area contributed by atoms with Crippen molar-refractivity contribution in [3.05, 3.63) is 29.3 Å². The first-order valence-electron chi connectivity index (χ1n) is 5.35. The fraction of sp³-hybridized carbons (Fsp3) is 0.364. The number of sulfonamides is 1. The molecule has 0 fully saturated rings. The summed E-state index contributed by atoms with van der Waals surface area (Å²) < 4.78 is 51.3. The summed E-state index contributed by atoms with van der Waals surface area (Å²) in [6, 6.07) is 0.946. The number of hydrogen-bond donors (Lipinski definition) is 2. The molecule has 0 amide bonds. The van der Waals surface area contributed by atoms with Crippen molar-refractivity contribution in [1.29, 1.82) is 0 Å². The second kappa shape index (κ2) is 5.52. The number of carboxylic acid groups (broad SMARTS) is 1. The molecule has 0 heterocycles. The Morgan fingerprint density at radius 1 is 1.32 bits per heavy atom. The van der Waals surface area contributed by atoms with Crippen LogP contribution in [0, 0.1) is 17.6 Å². The zero-order valence-corrected chi connectivity index (χ0v) is 11.1. The lowest BCUT2D eigenvalue weighted by molar-refractivity contribution is 0.0697. The first-order chi connectivity index (χ1) is 8.62. The van der Waals surface area contributed by atoms with Gasteiger partial charge in [-0.2, -0.15) is 0 Å². The van der Waals surface area contributed by atoms with Gasteiger partial charge in [-0.05, 0) is 12.0 Å². The van der Waals surface area contributed by atoms with Gasteiger partial charge in [0, 0.05) is 6.07 Å². The summed E-state index contributed by atoms with van der Waals surface area (Å²) in [4.78, 5) is 10.9. The van der Waals surface area contributed by atoms with E-state index < -0.39 is 38.9 Å². The highest BCUT2D eigenvalue weighted by atomic mass is 32.2. The molecule has 106 valence electrons. The van der Waals surface area contributed by atoms with Gasteiger partial charge in [0.2, 0.25) is 10.0 Å². The number of rotatable bonds is 5. The molecule has 1 aromatic rings. The third kappa shape index (κ3) is 4.16. The van der Waals surface area contributed by atoms with Gasteiger partial charge in [0.05, 0.1) is 17.0 Å². The average molecular weight is 293 g/mol. The van der Waals surface area contributed by atoms with E-state index in [0.29, 0.717) is 12.1 Å². The Morgan fingerprint density at radius 3 is 2.32 bits per heavy atom. The highest BCUT2D eigenvalue weighted by Crippen LogP contribution is 2.21. The summed E-state index contributed by atoms with van der Waals surface area (Å²) >= 11 is 0. The van der Waals surface area contributed by atoms with Crippen LogP contribution < -0.4 is 4.72 Å². The van der Waals surface area contributed by atoms with Crippen molar-refractivity contribution in [2.24, 2.45) is 5.92 Å². The average Bonchev–Trinajstić information content (AvgIpc) is 2.19. The van der Waals surface area contributed by atoms with Gasteiger partial charge in [0.25, 0.3) is 0 Å². The Hall–Kier alpha value is -1.70. The van der Waals surface area contributed by atoms with E-state index in [-0.39, 0.29) is 11.7 Å². The number of nitrogens with one attached hydrogen (secondary N) is 1. The van der Waals surface area contributed by atoms with Gasteiger partial charge in [0.15, 0.2) is 11.6 Å². The Balaban J connectivity index is 3.20. The van der Waals surface area contributed by atoms with Crippen LogP contribution in [0.2, 0.25) is 0 Å². The standard InChI is InChI=1S/C11H13F2NO4S/c1-6(2)5-19(17,18)14-10-4-9(13)8(12)3-7(10)11(15)16/h3-4,6,14H,5H2,1-2H3,(H,15,16). The number of halogens is 2. The molecule has 2 N–H and O–H groups in total. The van der Waals surface area contributed by atoms with Crippen LogP contribution in [0.4, 0.5) is 14.5 Å². The third-order valence-electron chi connectivity index (χ3n) is 2.11. The SMILES string of the molecule is CC(C)CS(=O)(=O)Nc1cc(F)c(F)cc1C(=O)O. The number of benzene rings is 1. The number of carbonyl (C=O) groups is 1. The zero-order chi connectivity index (χ0) is 14.8. The summed E-state index contributed by atoms with van der Waals surface area (Å²) in [5.41, 5.74) is -1.14. The van der Waals surface area contributed by atoms with Gasteiger partial charge in [-0.25, -0.2) is 22.0 Å². The zero-order valence-electron chi connectivity index (χ0n) is 10.3. The fourth-order valence-corrected chi connectivity index (χ4v) is 2.92. The number of hydrogen-bond acceptors (Lipinski definition) is 3. The van der Waals surface area contributed by atoms with Crippen LogP contribution in [0.3, 0.4) is 0 Å². The molecule has 1 aromatic carbocycles. The molecule has 19 heavy (non-hydrogen) atoms. The number of anilines is 1. The van der Waals surface area contributed by atoms with E-state index >= 15 is 0 Å². The van der Waals surface area contributed by atoms with Crippen molar-refractivity contribution in [2.45, 2.75) is 13.8 Å². The molecule has 0 aliphatic heterocycles. The van der Waals surface area contributed by atoms with Gasteiger partial charge in [0.1, 0.15) is 0 Å². The predicted octanol–water partition coefficient (Wildman–Crippen LogP) is 2.06. The van der Waals surface area contributed by atoms with E-state index in [4.69, 9.17) is 5.11 Å². The molecule has 0 aromatic heterocycles. The summed E-state index contributed by atoms with van der Waals surface area (Å²) in [6.45, 7) is 3.31. The second-order valence-electron chi connectivity index (χ2n) is 4.39. The van der Waals surface area contributed by atoms with E-state index in [1.54, 1.807) is 13.8 Å². The van der Waals surface area contributed by atoms with Crippen LogP contribution in [0.15, 0.2) is 12.1 Å². The lowest BCUT2D eigenvalue weighted by Gasteiger charge is -2.12. The lowest BCUT2D eigenvalue weighted by Crippen LogP contribution is -2.21. The Morgan fingerprint density at radius 2 is 1.84 bits per heavy atom. The fourth-order valence-electron chi connectivity index (χ4n) is 1.46. The molecule has 0 atom stereocenters. The van der Waals surface area contributed by atoms with Crippen LogP contribution in [0.1, 0.15) is 24.2 Å². The molecule has 0 aliphatic rings. The van der Waals surface area contributed by atoms with Crippen molar-refractivity contribution in [2.75, 3.05) is 10.5 Å². The first kappa shape index (κ1) is 15.4. The van der Waals surface area contributed by atoms with E-state index in [9.17, 15) is 22.0 Å². The van der Waals surface area contributed by atoms with Gasteiger partial charge in [-0.3, -0.25) is 4.72 Å².